The third-order valence-electron chi connectivity index (χ3n) is 3.32. The molecule has 0 aliphatic heterocycles. The van der Waals surface area contributed by atoms with Gasteiger partial charge in [-0.15, -0.1) is 0 Å². The van der Waals surface area contributed by atoms with Gasteiger partial charge in [-0.25, -0.2) is 12.8 Å². The van der Waals surface area contributed by atoms with Crippen LogP contribution in [0.25, 0.3) is 10.4 Å². The average molecular weight is 367 g/mol. The molecule has 1 aromatic rings. The summed E-state index contributed by atoms with van der Waals surface area (Å²) in [5.74, 6) is -1.57. The number of nitrogens with zero attached hydrogens (tertiary/aromatic N) is 3. The van der Waals surface area contributed by atoms with E-state index in [-0.39, 0.29) is 12.5 Å². The standard InChI is InChI=1S/C14H17F4N3O2S/c15-11-6-7-13(12(10-11)14(16,17)18)24(22,23)9-5-3-1-2-4-8-20-21-19/h6-7,10H,1-5,8-9H2. The SMILES string of the molecule is [N-]=[N+]=NCCCCCCCS(=O)(=O)c1ccc(F)cc1C(F)(F)F. The molecule has 0 N–H and O–H groups in total. The van der Waals surface area contributed by atoms with Gasteiger partial charge in [-0.3, -0.25) is 0 Å². The first-order valence-electron chi connectivity index (χ1n) is 7.29. The van der Waals surface area contributed by atoms with Crippen LogP contribution in [0.3, 0.4) is 0 Å². The fourth-order valence-corrected chi connectivity index (χ4v) is 3.74. The Hall–Kier alpha value is -1.80. The predicted octanol–water partition coefficient (Wildman–Crippen LogP) is 4.88. The summed E-state index contributed by atoms with van der Waals surface area (Å²) in [5.41, 5.74) is 6.61. The van der Waals surface area contributed by atoms with Gasteiger partial charge in [-0.1, -0.05) is 24.4 Å². The predicted molar refractivity (Wildman–Crippen MR) is 80.6 cm³/mol. The lowest BCUT2D eigenvalue weighted by Crippen LogP contribution is -2.16. The molecule has 0 aromatic heterocycles. The number of halogens is 4. The minimum atomic E-state index is -4.94. The van der Waals surface area contributed by atoms with Crippen molar-refractivity contribution in [3.8, 4) is 0 Å². The van der Waals surface area contributed by atoms with E-state index in [0.717, 1.165) is 6.42 Å². The van der Waals surface area contributed by atoms with Crippen molar-refractivity contribution in [2.24, 2.45) is 5.11 Å². The van der Waals surface area contributed by atoms with E-state index in [4.69, 9.17) is 5.53 Å². The summed E-state index contributed by atoms with van der Waals surface area (Å²) in [5, 5.41) is 3.36. The number of azide groups is 1. The highest BCUT2D eigenvalue weighted by Gasteiger charge is 2.37. The van der Waals surface area contributed by atoms with Gasteiger partial charge in [-0.05, 0) is 36.6 Å². The summed E-state index contributed by atoms with van der Waals surface area (Å²) >= 11 is 0. The molecule has 0 unspecified atom stereocenters. The van der Waals surface area contributed by atoms with E-state index in [1.807, 2.05) is 0 Å². The van der Waals surface area contributed by atoms with Gasteiger partial charge >= 0.3 is 6.18 Å². The van der Waals surface area contributed by atoms with Crippen LogP contribution < -0.4 is 0 Å². The highest BCUT2D eigenvalue weighted by molar-refractivity contribution is 7.91. The van der Waals surface area contributed by atoms with Crippen LogP contribution in [0.4, 0.5) is 17.6 Å². The van der Waals surface area contributed by atoms with Gasteiger partial charge in [0.25, 0.3) is 0 Å². The second-order valence-corrected chi connectivity index (χ2v) is 7.26. The van der Waals surface area contributed by atoms with Crippen molar-refractivity contribution in [3.63, 3.8) is 0 Å². The van der Waals surface area contributed by atoms with Gasteiger partial charge in [0.05, 0.1) is 16.2 Å². The van der Waals surface area contributed by atoms with E-state index in [2.05, 4.69) is 10.0 Å². The van der Waals surface area contributed by atoms with Crippen molar-refractivity contribution >= 4 is 9.84 Å². The van der Waals surface area contributed by atoms with Gasteiger partial charge in [0.2, 0.25) is 0 Å². The minimum absolute atomic E-state index is 0.197. The molecule has 0 spiro atoms. The van der Waals surface area contributed by atoms with E-state index in [0.29, 0.717) is 37.9 Å². The Morgan fingerprint density at radius 2 is 1.71 bits per heavy atom. The Kier molecular flexibility index (Phi) is 7.50. The monoisotopic (exact) mass is 367 g/mol. The Balaban J connectivity index is 2.65. The fraction of sp³-hybridized carbons (Fsp3) is 0.571. The van der Waals surface area contributed by atoms with Gasteiger partial charge < -0.3 is 0 Å². The lowest BCUT2D eigenvalue weighted by atomic mass is 10.1. The van der Waals surface area contributed by atoms with Crippen LogP contribution in [0.1, 0.15) is 37.7 Å². The summed E-state index contributed by atoms with van der Waals surface area (Å²) < 4.78 is 75.9. The molecule has 0 heterocycles. The molecule has 0 aliphatic rings. The Bertz CT molecular complexity index is 698. The zero-order valence-corrected chi connectivity index (χ0v) is 13.6. The smallest absolute Gasteiger partial charge is 0.224 e. The maximum Gasteiger partial charge on any atom is 0.417 e. The lowest BCUT2D eigenvalue weighted by molar-refractivity contribution is -0.140. The highest BCUT2D eigenvalue weighted by Crippen LogP contribution is 2.35. The van der Waals surface area contributed by atoms with E-state index in [1.54, 1.807) is 0 Å². The summed E-state index contributed by atoms with van der Waals surface area (Å²) in [6.07, 6.45) is -2.11. The van der Waals surface area contributed by atoms with Crippen LogP contribution in [0.5, 0.6) is 0 Å². The zero-order valence-electron chi connectivity index (χ0n) is 12.8. The molecule has 0 radical (unpaired) electrons. The van der Waals surface area contributed by atoms with E-state index in [9.17, 15) is 26.0 Å². The van der Waals surface area contributed by atoms with Gasteiger partial charge in [0.1, 0.15) is 5.82 Å². The number of hydrogen-bond acceptors (Lipinski definition) is 3. The van der Waals surface area contributed by atoms with Crippen LogP contribution in [0.2, 0.25) is 0 Å². The van der Waals surface area contributed by atoms with Crippen molar-refractivity contribution in [1.29, 1.82) is 0 Å². The second-order valence-electron chi connectivity index (χ2n) is 5.18. The molecule has 0 aliphatic carbocycles. The van der Waals surface area contributed by atoms with Crippen molar-refractivity contribution in [2.45, 2.75) is 43.2 Å². The van der Waals surface area contributed by atoms with Crippen LogP contribution in [0, 0.1) is 5.82 Å². The van der Waals surface area contributed by atoms with Crippen LogP contribution >= 0.6 is 0 Å². The quantitative estimate of drug-likeness (QED) is 0.156. The van der Waals surface area contributed by atoms with Crippen molar-refractivity contribution in [1.82, 2.24) is 0 Å². The first-order valence-corrected chi connectivity index (χ1v) is 8.94. The molecule has 0 fully saturated rings. The number of benzene rings is 1. The largest absolute Gasteiger partial charge is 0.417 e. The maximum atomic E-state index is 13.0. The second kappa shape index (κ2) is 8.89. The summed E-state index contributed by atoms with van der Waals surface area (Å²) in [6, 6.07) is 1.56. The van der Waals surface area contributed by atoms with Gasteiger partial charge in [0.15, 0.2) is 9.84 Å². The molecular formula is C14H17F4N3O2S. The average Bonchev–Trinajstić information content (AvgIpc) is 2.48. The first kappa shape index (κ1) is 20.2. The lowest BCUT2D eigenvalue weighted by Gasteiger charge is -2.13. The molecular weight excluding hydrogens is 350 g/mol. The summed E-state index contributed by atoms with van der Waals surface area (Å²) in [4.78, 5) is 1.71. The molecule has 134 valence electrons. The van der Waals surface area contributed by atoms with E-state index >= 15 is 0 Å². The summed E-state index contributed by atoms with van der Waals surface area (Å²) in [7, 11) is -4.15. The third-order valence-corrected chi connectivity index (χ3v) is 5.17. The van der Waals surface area contributed by atoms with Crippen LogP contribution in [-0.2, 0) is 16.0 Å². The molecule has 0 saturated carbocycles. The third kappa shape index (κ3) is 6.37. The molecule has 1 rings (SSSR count). The molecule has 0 bridgehead atoms. The minimum Gasteiger partial charge on any atom is -0.224 e. The molecule has 0 atom stereocenters. The van der Waals surface area contributed by atoms with E-state index < -0.39 is 38.0 Å². The number of sulfone groups is 1. The molecule has 24 heavy (non-hydrogen) atoms. The Morgan fingerprint density at radius 1 is 1.08 bits per heavy atom. The number of alkyl halides is 3. The van der Waals surface area contributed by atoms with Crippen molar-refractivity contribution < 1.29 is 26.0 Å². The fourth-order valence-electron chi connectivity index (χ4n) is 2.15. The number of rotatable bonds is 9. The number of hydrogen-bond donors (Lipinski definition) is 0. The molecule has 0 amide bonds. The Labute approximate surface area is 137 Å². The first-order chi connectivity index (χ1) is 11.2. The zero-order chi connectivity index (χ0) is 18.2. The molecule has 0 saturated heterocycles. The molecule has 10 heteroatoms. The Morgan fingerprint density at radius 3 is 2.33 bits per heavy atom. The van der Waals surface area contributed by atoms with Gasteiger partial charge in [-0.2, -0.15) is 13.2 Å². The molecule has 1 aromatic carbocycles. The van der Waals surface area contributed by atoms with Crippen LogP contribution in [0.15, 0.2) is 28.2 Å². The van der Waals surface area contributed by atoms with Gasteiger partial charge in [0, 0.05) is 11.5 Å². The van der Waals surface area contributed by atoms with Crippen molar-refractivity contribution in [2.75, 3.05) is 12.3 Å². The van der Waals surface area contributed by atoms with E-state index in [1.165, 1.54) is 0 Å². The van der Waals surface area contributed by atoms with Crippen LogP contribution in [-0.4, -0.2) is 20.7 Å². The molecule has 5 nitrogen and oxygen atoms in total. The number of unbranched alkanes of at least 4 members (excludes halogenated alkanes) is 4. The van der Waals surface area contributed by atoms with Crippen molar-refractivity contribution in [3.05, 3.63) is 40.0 Å². The topological polar surface area (TPSA) is 82.9 Å². The summed E-state index contributed by atoms with van der Waals surface area (Å²) in [6.45, 7) is 0.360. The highest BCUT2D eigenvalue weighted by atomic mass is 32.2. The normalized spacial score (nSPS) is 12.0. The maximum absolute atomic E-state index is 13.0.